The van der Waals surface area contributed by atoms with Crippen LogP contribution < -0.4 is 4.74 Å². The lowest BCUT2D eigenvalue weighted by molar-refractivity contribution is 0.0780. The van der Waals surface area contributed by atoms with E-state index < -0.39 is 0 Å². The molecule has 1 aromatic heterocycles. The van der Waals surface area contributed by atoms with Crippen LogP contribution in [0, 0.1) is 0 Å². The van der Waals surface area contributed by atoms with Gasteiger partial charge in [-0.3, -0.25) is 4.79 Å². The summed E-state index contributed by atoms with van der Waals surface area (Å²) in [6.07, 6.45) is 0. The number of methoxy groups -OCH3 is 1. The largest absolute Gasteiger partial charge is 0.497 e. The van der Waals surface area contributed by atoms with Crippen LogP contribution >= 0.6 is 34.5 Å². The molecule has 0 aliphatic rings. The number of thiazole rings is 1. The standard InChI is InChI=1S/C19H16Cl2N2O2S/c1-23(10-12-3-8-15(20)16(21)9-12)19(24)17-11-26-18(22-17)13-4-6-14(25-2)7-5-13/h3-9,11H,10H2,1-2H3. The highest BCUT2D eigenvalue weighted by Gasteiger charge is 2.17. The van der Waals surface area contributed by atoms with Gasteiger partial charge in [-0.25, -0.2) is 4.98 Å². The number of hydrogen-bond acceptors (Lipinski definition) is 4. The average Bonchev–Trinajstić information content (AvgIpc) is 3.14. The topological polar surface area (TPSA) is 42.4 Å². The van der Waals surface area contributed by atoms with Gasteiger partial charge in [0, 0.05) is 24.5 Å². The maximum atomic E-state index is 12.6. The quantitative estimate of drug-likeness (QED) is 0.569. The molecule has 0 atom stereocenters. The predicted molar refractivity (Wildman–Crippen MR) is 106 cm³/mol. The van der Waals surface area contributed by atoms with Crippen molar-refractivity contribution in [2.24, 2.45) is 0 Å². The number of halogens is 2. The first-order chi connectivity index (χ1) is 12.5. The van der Waals surface area contributed by atoms with Crippen molar-refractivity contribution in [3.8, 4) is 16.3 Å². The van der Waals surface area contributed by atoms with Crippen LogP contribution in [0.25, 0.3) is 10.6 Å². The van der Waals surface area contributed by atoms with Gasteiger partial charge in [0.25, 0.3) is 5.91 Å². The van der Waals surface area contributed by atoms with Crippen LogP contribution in [0.2, 0.25) is 10.0 Å². The van der Waals surface area contributed by atoms with E-state index in [0.29, 0.717) is 22.3 Å². The number of ether oxygens (including phenoxy) is 1. The van der Waals surface area contributed by atoms with Crippen molar-refractivity contribution in [1.29, 1.82) is 0 Å². The predicted octanol–water partition coefficient (Wildman–Crippen LogP) is 5.40. The van der Waals surface area contributed by atoms with E-state index in [0.717, 1.165) is 21.9 Å². The van der Waals surface area contributed by atoms with E-state index in [2.05, 4.69) is 4.98 Å². The summed E-state index contributed by atoms with van der Waals surface area (Å²) in [5.74, 6) is 0.634. The fourth-order valence-corrected chi connectivity index (χ4v) is 3.54. The normalized spacial score (nSPS) is 10.6. The minimum absolute atomic E-state index is 0.146. The van der Waals surface area contributed by atoms with E-state index in [1.54, 1.807) is 36.6 Å². The molecule has 134 valence electrons. The fraction of sp³-hybridized carbons (Fsp3) is 0.158. The van der Waals surface area contributed by atoms with Crippen molar-refractivity contribution in [2.75, 3.05) is 14.2 Å². The monoisotopic (exact) mass is 406 g/mol. The third-order valence-corrected chi connectivity index (χ3v) is 5.44. The lowest BCUT2D eigenvalue weighted by atomic mass is 10.2. The lowest BCUT2D eigenvalue weighted by Gasteiger charge is -2.16. The molecule has 2 aromatic carbocycles. The third-order valence-electron chi connectivity index (χ3n) is 3.81. The molecule has 3 aromatic rings. The maximum Gasteiger partial charge on any atom is 0.273 e. The molecule has 0 aliphatic carbocycles. The van der Waals surface area contributed by atoms with Crippen LogP contribution in [0.15, 0.2) is 47.8 Å². The highest BCUT2D eigenvalue weighted by Crippen LogP contribution is 2.27. The molecule has 0 N–H and O–H groups in total. The molecule has 7 heteroatoms. The van der Waals surface area contributed by atoms with Gasteiger partial charge in [-0.15, -0.1) is 11.3 Å². The van der Waals surface area contributed by atoms with Crippen LogP contribution in [0.1, 0.15) is 16.1 Å². The smallest absolute Gasteiger partial charge is 0.273 e. The Bertz CT molecular complexity index is 926. The molecule has 0 spiro atoms. The van der Waals surface area contributed by atoms with E-state index in [9.17, 15) is 4.79 Å². The van der Waals surface area contributed by atoms with Crippen LogP contribution in [-0.2, 0) is 6.54 Å². The maximum absolute atomic E-state index is 12.6. The van der Waals surface area contributed by atoms with Gasteiger partial charge in [-0.05, 0) is 42.0 Å². The summed E-state index contributed by atoms with van der Waals surface area (Å²) in [7, 11) is 3.36. The summed E-state index contributed by atoms with van der Waals surface area (Å²) in [6.45, 7) is 0.422. The van der Waals surface area contributed by atoms with Crippen LogP contribution in [0.3, 0.4) is 0 Å². The van der Waals surface area contributed by atoms with Crippen molar-refractivity contribution in [3.05, 3.63) is 69.1 Å². The van der Waals surface area contributed by atoms with Crippen LogP contribution in [-0.4, -0.2) is 29.9 Å². The second kappa shape index (κ2) is 8.08. The molecule has 0 aliphatic heterocycles. The molecule has 3 rings (SSSR count). The minimum atomic E-state index is -0.146. The second-order valence-electron chi connectivity index (χ2n) is 5.68. The van der Waals surface area contributed by atoms with E-state index >= 15 is 0 Å². The van der Waals surface area contributed by atoms with E-state index in [1.165, 1.54) is 11.3 Å². The van der Waals surface area contributed by atoms with Crippen molar-refractivity contribution in [3.63, 3.8) is 0 Å². The Labute approximate surface area is 166 Å². The molecule has 0 saturated carbocycles. The van der Waals surface area contributed by atoms with Gasteiger partial charge in [0.1, 0.15) is 16.5 Å². The van der Waals surface area contributed by atoms with Gasteiger partial charge in [0.15, 0.2) is 0 Å². The number of hydrogen-bond donors (Lipinski definition) is 0. The molecule has 26 heavy (non-hydrogen) atoms. The zero-order valence-corrected chi connectivity index (χ0v) is 16.5. The third kappa shape index (κ3) is 4.18. The number of carbonyl (C=O) groups is 1. The number of nitrogens with zero attached hydrogens (tertiary/aromatic N) is 2. The zero-order chi connectivity index (χ0) is 18.7. The van der Waals surface area contributed by atoms with Crippen molar-refractivity contribution >= 4 is 40.4 Å². The first-order valence-electron chi connectivity index (χ1n) is 7.77. The van der Waals surface area contributed by atoms with Crippen molar-refractivity contribution < 1.29 is 9.53 Å². The number of aromatic nitrogens is 1. The summed E-state index contributed by atoms with van der Waals surface area (Å²) in [6, 6.07) is 12.9. The van der Waals surface area contributed by atoms with Crippen molar-refractivity contribution in [2.45, 2.75) is 6.54 Å². The van der Waals surface area contributed by atoms with Gasteiger partial charge in [-0.1, -0.05) is 29.3 Å². The molecule has 0 bridgehead atoms. The highest BCUT2D eigenvalue weighted by molar-refractivity contribution is 7.13. The zero-order valence-electron chi connectivity index (χ0n) is 14.2. The Balaban J connectivity index is 1.73. The summed E-state index contributed by atoms with van der Waals surface area (Å²) >= 11 is 13.4. The summed E-state index contributed by atoms with van der Waals surface area (Å²) in [5.41, 5.74) is 2.27. The molecule has 0 saturated heterocycles. The van der Waals surface area contributed by atoms with Gasteiger partial charge in [0.05, 0.1) is 17.2 Å². The highest BCUT2D eigenvalue weighted by atomic mass is 35.5. The Morgan fingerprint density at radius 1 is 1.15 bits per heavy atom. The molecular weight excluding hydrogens is 391 g/mol. The molecular formula is C19H16Cl2N2O2S. The summed E-state index contributed by atoms with van der Waals surface area (Å²) in [4.78, 5) is 18.7. The fourth-order valence-electron chi connectivity index (χ4n) is 2.42. The molecule has 0 unspecified atom stereocenters. The number of amides is 1. The molecule has 1 amide bonds. The molecule has 1 heterocycles. The van der Waals surface area contributed by atoms with Crippen LogP contribution in [0.5, 0.6) is 5.75 Å². The van der Waals surface area contributed by atoms with Gasteiger partial charge in [0.2, 0.25) is 0 Å². The van der Waals surface area contributed by atoms with Gasteiger partial charge < -0.3 is 9.64 Å². The second-order valence-corrected chi connectivity index (χ2v) is 7.35. The van der Waals surface area contributed by atoms with Crippen LogP contribution in [0.4, 0.5) is 0 Å². The minimum Gasteiger partial charge on any atom is -0.497 e. The summed E-state index contributed by atoms with van der Waals surface area (Å²) < 4.78 is 5.16. The first kappa shape index (κ1) is 18.7. The molecule has 4 nitrogen and oxygen atoms in total. The molecule has 0 fully saturated rings. The number of carbonyl (C=O) groups excluding carboxylic acids is 1. The first-order valence-corrected chi connectivity index (χ1v) is 9.41. The number of rotatable bonds is 5. The number of benzene rings is 2. The van der Waals surface area contributed by atoms with E-state index in [-0.39, 0.29) is 5.91 Å². The summed E-state index contributed by atoms with van der Waals surface area (Å²) in [5, 5.41) is 3.53. The van der Waals surface area contributed by atoms with Crippen molar-refractivity contribution in [1.82, 2.24) is 9.88 Å². The Morgan fingerprint density at radius 2 is 1.88 bits per heavy atom. The van der Waals surface area contributed by atoms with E-state index in [4.69, 9.17) is 27.9 Å². The Hall–Kier alpha value is -2.08. The Kier molecular flexibility index (Phi) is 5.81. The van der Waals surface area contributed by atoms with Gasteiger partial charge in [-0.2, -0.15) is 0 Å². The van der Waals surface area contributed by atoms with E-state index in [1.807, 2.05) is 30.3 Å². The average molecular weight is 407 g/mol. The SMILES string of the molecule is COc1ccc(-c2nc(C(=O)N(C)Cc3ccc(Cl)c(Cl)c3)cs2)cc1. The Morgan fingerprint density at radius 3 is 2.54 bits per heavy atom. The van der Waals surface area contributed by atoms with Gasteiger partial charge >= 0.3 is 0 Å². The molecule has 0 radical (unpaired) electrons. The lowest BCUT2D eigenvalue weighted by Crippen LogP contribution is -2.26.